The van der Waals surface area contributed by atoms with Gasteiger partial charge in [0.15, 0.2) is 0 Å². The first kappa shape index (κ1) is 20.2. The number of rotatable bonds is 5. The van der Waals surface area contributed by atoms with Gasteiger partial charge in [-0.1, -0.05) is 23.2 Å². The highest BCUT2D eigenvalue weighted by Gasteiger charge is 2.22. The number of nitrogens with zero attached hydrogens (tertiary/aromatic N) is 1. The van der Waals surface area contributed by atoms with E-state index in [4.69, 9.17) is 28.3 Å². The lowest BCUT2D eigenvalue weighted by Gasteiger charge is -2.09. The molecular weight excluding hydrogens is 403 g/mol. The average molecular weight is 421 g/mol. The number of hydrogen-bond acceptors (Lipinski definition) is 4. The van der Waals surface area contributed by atoms with E-state index in [0.29, 0.717) is 32.7 Å². The molecule has 0 saturated carbocycles. The molecule has 3 N–H and O–H groups in total. The molecule has 0 spiro atoms. The monoisotopic (exact) mass is 420 g/mol. The summed E-state index contributed by atoms with van der Waals surface area (Å²) < 4.78 is 1.49. The van der Waals surface area contributed by atoms with E-state index in [0.717, 1.165) is 0 Å². The molecule has 0 saturated heterocycles. The fourth-order valence-electron chi connectivity index (χ4n) is 3.13. The van der Waals surface area contributed by atoms with Crippen LogP contribution in [-0.2, 0) is 11.2 Å². The van der Waals surface area contributed by atoms with Gasteiger partial charge in [0.25, 0.3) is 5.91 Å². The number of aromatic hydroxyl groups is 1. The molecule has 1 heterocycles. The second-order valence-electron chi connectivity index (χ2n) is 6.29. The number of phenols is 1. The van der Waals surface area contributed by atoms with Crippen LogP contribution in [0.4, 0.5) is 0 Å². The Balaban J connectivity index is 2.12. The maximum absolute atomic E-state index is 13.2. The average Bonchev–Trinajstić information content (AvgIpc) is 2.93. The Morgan fingerprint density at radius 2 is 1.86 bits per heavy atom. The number of benzene rings is 2. The molecule has 28 heavy (non-hydrogen) atoms. The summed E-state index contributed by atoms with van der Waals surface area (Å²) in [6.45, 7) is 1.72. The number of aromatic nitrogens is 1. The third-order valence-corrected chi connectivity index (χ3v) is 5.20. The summed E-state index contributed by atoms with van der Waals surface area (Å²) >= 11 is 12.0. The van der Waals surface area contributed by atoms with Crippen LogP contribution in [0, 0.1) is 6.92 Å². The summed E-state index contributed by atoms with van der Waals surface area (Å²) in [5, 5.41) is 22.6. The Morgan fingerprint density at radius 1 is 1.11 bits per heavy atom. The quantitative estimate of drug-likeness (QED) is 0.590. The molecule has 1 aromatic heterocycles. The SMILES string of the molecule is Cc1c(CC(=O)NCCO)c2cc(O)ccc2n1C(=O)c1ccc(Cl)c(Cl)c1. The zero-order valence-electron chi connectivity index (χ0n) is 15.0. The zero-order chi connectivity index (χ0) is 20.4. The van der Waals surface area contributed by atoms with E-state index in [1.807, 2.05) is 0 Å². The van der Waals surface area contributed by atoms with Gasteiger partial charge in [0, 0.05) is 23.2 Å². The summed E-state index contributed by atoms with van der Waals surface area (Å²) in [4.78, 5) is 25.3. The smallest absolute Gasteiger partial charge is 0.262 e. The number of carbonyl (C=O) groups excluding carboxylic acids is 2. The first-order valence-corrected chi connectivity index (χ1v) is 9.29. The highest BCUT2D eigenvalue weighted by Crippen LogP contribution is 2.31. The standard InChI is InChI=1S/C20H18Cl2N2O4/c1-11-14(10-19(27)23-6-7-25)15-9-13(26)3-5-18(15)24(11)20(28)12-2-4-16(21)17(22)8-12/h2-5,8-9,25-26H,6-7,10H2,1H3,(H,23,27). The molecule has 3 rings (SSSR count). The normalized spacial score (nSPS) is 11.0. The van der Waals surface area contributed by atoms with Crippen molar-refractivity contribution < 1.29 is 19.8 Å². The topological polar surface area (TPSA) is 91.6 Å². The second kappa shape index (κ2) is 8.22. The summed E-state index contributed by atoms with van der Waals surface area (Å²) in [5.41, 5.74) is 2.11. The Kier molecular flexibility index (Phi) is 5.93. The predicted molar refractivity (Wildman–Crippen MR) is 108 cm³/mol. The van der Waals surface area contributed by atoms with Crippen LogP contribution >= 0.6 is 23.2 Å². The van der Waals surface area contributed by atoms with E-state index < -0.39 is 0 Å². The van der Waals surface area contributed by atoms with Crippen LogP contribution in [0.25, 0.3) is 10.9 Å². The molecule has 0 aliphatic carbocycles. The van der Waals surface area contributed by atoms with Crippen molar-refractivity contribution in [2.75, 3.05) is 13.2 Å². The molecule has 2 aromatic carbocycles. The number of aliphatic hydroxyl groups excluding tert-OH is 1. The van der Waals surface area contributed by atoms with Gasteiger partial charge in [-0.15, -0.1) is 0 Å². The van der Waals surface area contributed by atoms with Gasteiger partial charge >= 0.3 is 0 Å². The molecule has 0 atom stereocenters. The number of amides is 1. The van der Waals surface area contributed by atoms with Crippen LogP contribution in [-0.4, -0.2) is 39.7 Å². The maximum atomic E-state index is 13.2. The molecule has 0 fully saturated rings. The van der Waals surface area contributed by atoms with Crippen LogP contribution < -0.4 is 5.32 Å². The van der Waals surface area contributed by atoms with E-state index in [-0.39, 0.29) is 42.2 Å². The molecule has 0 radical (unpaired) electrons. The number of carbonyl (C=O) groups is 2. The molecule has 8 heteroatoms. The third-order valence-electron chi connectivity index (χ3n) is 4.46. The largest absolute Gasteiger partial charge is 0.508 e. The number of aliphatic hydroxyl groups is 1. The van der Waals surface area contributed by atoms with Gasteiger partial charge in [-0.25, -0.2) is 0 Å². The maximum Gasteiger partial charge on any atom is 0.262 e. The number of fused-ring (bicyclic) bond motifs is 1. The van der Waals surface area contributed by atoms with Crippen molar-refractivity contribution in [2.24, 2.45) is 0 Å². The fraction of sp³-hybridized carbons (Fsp3) is 0.200. The first-order chi connectivity index (χ1) is 13.3. The van der Waals surface area contributed by atoms with Crippen molar-refractivity contribution in [1.29, 1.82) is 0 Å². The fourth-order valence-corrected chi connectivity index (χ4v) is 3.43. The first-order valence-electron chi connectivity index (χ1n) is 8.53. The predicted octanol–water partition coefficient (Wildman–Crippen LogP) is 3.30. The highest BCUT2D eigenvalue weighted by atomic mass is 35.5. The van der Waals surface area contributed by atoms with Gasteiger partial charge in [0.2, 0.25) is 5.91 Å². The van der Waals surface area contributed by atoms with Gasteiger partial charge < -0.3 is 15.5 Å². The molecular formula is C20H18Cl2N2O4. The lowest BCUT2D eigenvalue weighted by Crippen LogP contribution is -2.28. The minimum Gasteiger partial charge on any atom is -0.508 e. The Bertz CT molecular complexity index is 1080. The molecule has 3 aromatic rings. The minimum atomic E-state index is -0.325. The van der Waals surface area contributed by atoms with Crippen LogP contribution in [0.15, 0.2) is 36.4 Å². The van der Waals surface area contributed by atoms with Gasteiger partial charge in [-0.3, -0.25) is 14.2 Å². The summed E-state index contributed by atoms with van der Waals surface area (Å²) in [7, 11) is 0. The molecule has 0 bridgehead atoms. The minimum absolute atomic E-state index is 0.00738. The number of halogens is 2. The highest BCUT2D eigenvalue weighted by molar-refractivity contribution is 6.42. The van der Waals surface area contributed by atoms with Crippen molar-refractivity contribution in [2.45, 2.75) is 13.3 Å². The molecule has 6 nitrogen and oxygen atoms in total. The lowest BCUT2D eigenvalue weighted by atomic mass is 10.1. The molecule has 0 aliphatic rings. The zero-order valence-corrected chi connectivity index (χ0v) is 16.5. The summed E-state index contributed by atoms with van der Waals surface area (Å²) in [6.07, 6.45) is 0.00738. The molecule has 0 unspecified atom stereocenters. The van der Waals surface area contributed by atoms with Crippen molar-refractivity contribution in [3.8, 4) is 5.75 Å². The van der Waals surface area contributed by atoms with Crippen LogP contribution in [0.3, 0.4) is 0 Å². The van der Waals surface area contributed by atoms with Crippen molar-refractivity contribution in [3.63, 3.8) is 0 Å². The second-order valence-corrected chi connectivity index (χ2v) is 7.10. The van der Waals surface area contributed by atoms with Gasteiger partial charge in [0.05, 0.1) is 28.6 Å². The van der Waals surface area contributed by atoms with Crippen molar-refractivity contribution in [1.82, 2.24) is 9.88 Å². The Hall–Kier alpha value is -2.54. The van der Waals surface area contributed by atoms with Crippen LogP contribution in [0.5, 0.6) is 5.75 Å². The lowest BCUT2D eigenvalue weighted by molar-refractivity contribution is -0.120. The third kappa shape index (κ3) is 3.85. The van der Waals surface area contributed by atoms with Gasteiger partial charge in [-0.2, -0.15) is 0 Å². The Labute approximate surface area is 171 Å². The molecule has 0 aliphatic heterocycles. The van der Waals surface area contributed by atoms with E-state index in [1.54, 1.807) is 25.1 Å². The van der Waals surface area contributed by atoms with E-state index in [1.165, 1.54) is 22.8 Å². The van der Waals surface area contributed by atoms with Crippen LogP contribution in [0.1, 0.15) is 21.6 Å². The number of nitrogens with one attached hydrogen (secondary N) is 1. The Morgan fingerprint density at radius 3 is 2.54 bits per heavy atom. The van der Waals surface area contributed by atoms with E-state index in [2.05, 4.69) is 5.32 Å². The summed E-state index contributed by atoms with van der Waals surface area (Å²) in [6, 6.07) is 9.25. The molecule has 146 valence electrons. The molecule has 1 amide bonds. The van der Waals surface area contributed by atoms with E-state index in [9.17, 15) is 14.7 Å². The van der Waals surface area contributed by atoms with Crippen molar-refractivity contribution in [3.05, 3.63) is 63.3 Å². The number of phenolic OH excluding ortho intramolecular Hbond substituents is 1. The van der Waals surface area contributed by atoms with E-state index >= 15 is 0 Å². The van der Waals surface area contributed by atoms with Crippen molar-refractivity contribution >= 4 is 45.9 Å². The number of hydrogen-bond donors (Lipinski definition) is 3. The van der Waals surface area contributed by atoms with Gasteiger partial charge in [-0.05, 0) is 48.9 Å². The van der Waals surface area contributed by atoms with Crippen LogP contribution in [0.2, 0.25) is 10.0 Å². The summed E-state index contributed by atoms with van der Waals surface area (Å²) in [5.74, 6) is -0.584. The van der Waals surface area contributed by atoms with Gasteiger partial charge in [0.1, 0.15) is 5.75 Å².